The molecule has 0 saturated carbocycles. The second-order valence-electron chi connectivity index (χ2n) is 5.10. The molecule has 0 aliphatic heterocycles. The molecular weight excluding hydrogens is 314 g/mol. The van der Waals surface area contributed by atoms with Gasteiger partial charge in [0.2, 0.25) is 0 Å². The molecule has 1 amide bonds. The molecule has 0 unspecified atom stereocenters. The van der Waals surface area contributed by atoms with E-state index >= 15 is 0 Å². The molecule has 3 rings (SSSR count). The number of carbonyl (C=O) groups excluding carboxylic acids is 1. The third-order valence-corrected chi connectivity index (χ3v) is 3.81. The van der Waals surface area contributed by atoms with Crippen LogP contribution in [0.25, 0.3) is 17.1 Å². The van der Waals surface area contributed by atoms with E-state index in [1.165, 1.54) is 0 Å². The van der Waals surface area contributed by atoms with Crippen LogP contribution in [-0.4, -0.2) is 34.2 Å². The number of carbonyl (C=O) groups is 1. The van der Waals surface area contributed by atoms with E-state index < -0.39 is 0 Å². The molecule has 23 heavy (non-hydrogen) atoms. The van der Waals surface area contributed by atoms with Gasteiger partial charge < -0.3 is 9.32 Å². The van der Waals surface area contributed by atoms with Crippen molar-refractivity contribution in [1.29, 1.82) is 0 Å². The number of benzene rings is 1. The summed E-state index contributed by atoms with van der Waals surface area (Å²) in [5.41, 5.74) is 1.83. The van der Waals surface area contributed by atoms with Crippen LogP contribution < -0.4 is 0 Å². The van der Waals surface area contributed by atoms with Gasteiger partial charge in [-0.25, -0.2) is 4.68 Å². The smallest absolute Gasteiger partial charge is 0.274 e. The molecule has 0 N–H and O–H groups in total. The number of hydrogen-bond acceptors (Lipinski definition) is 3. The molecule has 5 nitrogen and oxygen atoms in total. The van der Waals surface area contributed by atoms with Gasteiger partial charge in [-0.2, -0.15) is 5.10 Å². The lowest BCUT2D eigenvalue weighted by Crippen LogP contribution is -2.26. The molecule has 0 saturated heterocycles. The summed E-state index contributed by atoms with van der Waals surface area (Å²) >= 11 is 6.07. The normalized spacial score (nSPS) is 10.7. The number of amides is 1. The fraction of sp³-hybridized carbons (Fsp3) is 0.176. The molecule has 118 valence electrons. The second-order valence-corrected chi connectivity index (χ2v) is 5.54. The van der Waals surface area contributed by atoms with Gasteiger partial charge in [0, 0.05) is 24.7 Å². The SMILES string of the molecule is CCN(C)C(=O)c1cc(-c2ccco2)n(-c2cccc(Cl)c2)n1. The highest BCUT2D eigenvalue weighted by atomic mass is 35.5. The molecular formula is C17H16ClN3O2. The van der Waals surface area contributed by atoms with E-state index in [-0.39, 0.29) is 5.91 Å². The minimum absolute atomic E-state index is 0.138. The number of aromatic nitrogens is 2. The van der Waals surface area contributed by atoms with Crippen molar-refractivity contribution in [3.05, 3.63) is 59.4 Å². The Morgan fingerprint density at radius 3 is 2.78 bits per heavy atom. The second kappa shape index (κ2) is 6.30. The van der Waals surface area contributed by atoms with Crippen molar-refractivity contribution in [3.8, 4) is 17.1 Å². The van der Waals surface area contributed by atoms with Crippen LogP contribution in [0.3, 0.4) is 0 Å². The maximum atomic E-state index is 12.4. The Hall–Kier alpha value is -2.53. The van der Waals surface area contributed by atoms with Crippen molar-refractivity contribution in [3.63, 3.8) is 0 Å². The zero-order chi connectivity index (χ0) is 16.4. The third kappa shape index (κ3) is 3.00. The van der Waals surface area contributed by atoms with Gasteiger partial charge in [0.05, 0.1) is 12.0 Å². The lowest BCUT2D eigenvalue weighted by molar-refractivity contribution is 0.0796. The topological polar surface area (TPSA) is 51.3 Å². The molecule has 6 heteroatoms. The van der Waals surface area contributed by atoms with Crippen molar-refractivity contribution in [2.75, 3.05) is 13.6 Å². The summed E-state index contributed by atoms with van der Waals surface area (Å²) in [5, 5.41) is 5.05. The maximum Gasteiger partial charge on any atom is 0.274 e. The number of rotatable bonds is 4. The van der Waals surface area contributed by atoms with Gasteiger partial charge >= 0.3 is 0 Å². The number of halogens is 1. The van der Waals surface area contributed by atoms with Crippen molar-refractivity contribution < 1.29 is 9.21 Å². The van der Waals surface area contributed by atoms with Crippen LogP contribution >= 0.6 is 11.6 Å². The summed E-state index contributed by atoms with van der Waals surface area (Å²) in [6.45, 7) is 2.53. The number of furan rings is 1. The largest absolute Gasteiger partial charge is 0.463 e. The molecule has 2 heterocycles. The molecule has 0 fully saturated rings. The average molecular weight is 330 g/mol. The molecule has 0 bridgehead atoms. The van der Waals surface area contributed by atoms with E-state index in [0.717, 1.165) is 5.69 Å². The zero-order valence-electron chi connectivity index (χ0n) is 12.9. The quantitative estimate of drug-likeness (QED) is 0.730. The van der Waals surface area contributed by atoms with E-state index in [4.69, 9.17) is 16.0 Å². The first kappa shape index (κ1) is 15.4. The molecule has 0 atom stereocenters. The Bertz CT molecular complexity index is 824. The summed E-state index contributed by atoms with van der Waals surface area (Å²) in [6, 6.07) is 12.7. The molecule has 2 aromatic heterocycles. The van der Waals surface area contributed by atoms with Crippen molar-refractivity contribution >= 4 is 17.5 Å². The van der Waals surface area contributed by atoms with Crippen LogP contribution in [0.4, 0.5) is 0 Å². The van der Waals surface area contributed by atoms with Gasteiger partial charge in [0.1, 0.15) is 5.69 Å². The molecule has 3 aromatic rings. The zero-order valence-corrected chi connectivity index (χ0v) is 13.6. The van der Waals surface area contributed by atoms with Crippen molar-refractivity contribution in [2.45, 2.75) is 6.92 Å². The Labute approximate surface area is 139 Å². The molecule has 0 aliphatic rings. The molecule has 0 spiro atoms. The Morgan fingerprint density at radius 2 is 2.13 bits per heavy atom. The van der Waals surface area contributed by atoms with Gasteiger partial charge in [-0.15, -0.1) is 0 Å². The predicted molar refractivity (Wildman–Crippen MR) is 88.9 cm³/mol. The van der Waals surface area contributed by atoms with E-state index in [0.29, 0.717) is 28.7 Å². The highest BCUT2D eigenvalue weighted by Gasteiger charge is 2.20. The average Bonchev–Trinajstić information content (AvgIpc) is 3.22. The number of nitrogens with zero attached hydrogens (tertiary/aromatic N) is 3. The lowest BCUT2D eigenvalue weighted by atomic mass is 10.2. The van der Waals surface area contributed by atoms with E-state index in [2.05, 4.69) is 5.10 Å². The number of hydrogen-bond donors (Lipinski definition) is 0. The monoisotopic (exact) mass is 329 g/mol. The Morgan fingerprint density at radius 1 is 1.30 bits per heavy atom. The van der Waals surface area contributed by atoms with Crippen LogP contribution in [0.15, 0.2) is 53.1 Å². The van der Waals surface area contributed by atoms with Gasteiger partial charge in [-0.05, 0) is 37.3 Å². The van der Waals surface area contributed by atoms with Crippen molar-refractivity contribution in [2.24, 2.45) is 0 Å². The van der Waals surface area contributed by atoms with E-state index in [1.54, 1.807) is 47.2 Å². The van der Waals surface area contributed by atoms with Crippen LogP contribution in [-0.2, 0) is 0 Å². The van der Waals surface area contributed by atoms with E-state index in [1.807, 2.05) is 25.1 Å². The van der Waals surface area contributed by atoms with Crippen LogP contribution in [0.1, 0.15) is 17.4 Å². The van der Waals surface area contributed by atoms with Crippen LogP contribution in [0.5, 0.6) is 0 Å². The van der Waals surface area contributed by atoms with Gasteiger partial charge in [0.15, 0.2) is 11.5 Å². The predicted octanol–water partition coefficient (Wildman–Crippen LogP) is 3.88. The Kier molecular flexibility index (Phi) is 4.21. The van der Waals surface area contributed by atoms with Gasteiger partial charge in [-0.1, -0.05) is 17.7 Å². The standard InChI is InChI=1S/C17H16ClN3O2/c1-3-20(2)17(22)14-11-15(16-8-5-9-23-16)21(19-14)13-7-4-6-12(18)10-13/h4-11H,3H2,1-2H3. The lowest BCUT2D eigenvalue weighted by Gasteiger charge is -2.11. The maximum absolute atomic E-state index is 12.4. The van der Waals surface area contributed by atoms with Gasteiger partial charge in [-0.3, -0.25) is 4.79 Å². The Balaban J connectivity index is 2.13. The molecule has 0 aliphatic carbocycles. The van der Waals surface area contributed by atoms with Crippen LogP contribution in [0, 0.1) is 0 Å². The van der Waals surface area contributed by atoms with E-state index in [9.17, 15) is 4.79 Å². The minimum Gasteiger partial charge on any atom is -0.463 e. The summed E-state index contributed by atoms with van der Waals surface area (Å²) < 4.78 is 7.14. The van der Waals surface area contributed by atoms with Gasteiger partial charge in [0.25, 0.3) is 5.91 Å². The summed E-state index contributed by atoms with van der Waals surface area (Å²) in [6.07, 6.45) is 1.59. The summed E-state index contributed by atoms with van der Waals surface area (Å²) in [7, 11) is 1.74. The summed E-state index contributed by atoms with van der Waals surface area (Å²) in [4.78, 5) is 14.0. The first-order chi connectivity index (χ1) is 11.1. The fourth-order valence-corrected chi connectivity index (χ4v) is 2.41. The first-order valence-electron chi connectivity index (χ1n) is 7.25. The molecule has 1 aromatic carbocycles. The highest BCUT2D eigenvalue weighted by Crippen LogP contribution is 2.26. The fourth-order valence-electron chi connectivity index (χ4n) is 2.23. The van der Waals surface area contributed by atoms with Crippen LogP contribution in [0.2, 0.25) is 5.02 Å². The van der Waals surface area contributed by atoms with Crippen molar-refractivity contribution in [1.82, 2.24) is 14.7 Å². The first-order valence-corrected chi connectivity index (χ1v) is 7.63. The highest BCUT2D eigenvalue weighted by molar-refractivity contribution is 6.30. The third-order valence-electron chi connectivity index (χ3n) is 3.58. The summed E-state index contributed by atoms with van der Waals surface area (Å²) in [5.74, 6) is 0.497. The minimum atomic E-state index is -0.138. The molecule has 0 radical (unpaired) electrons.